The molecule has 1 aliphatic rings. The van der Waals surface area contributed by atoms with Gasteiger partial charge in [-0.2, -0.15) is 0 Å². The van der Waals surface area contributed by atoms with Gasteiger partial charge in [0.05, 0.1) is 19.2 Å². The van der Waals surface area contributed by atoms with Crippen LogP contribution in [0.3, 0.4) is 0 Å². The van der Waals surface area contributed by atoms with Gasteiger partial charge in [0.1, 0.15) is 17.6 Å². The second-order valence-electron chi connectivity index (χ2n) is 9.32. The van der Waals surface area contributed by atoms with E-state index in [2.05, 4.69) is 26.7 Å². The average Bonchev–Trinajstić information content (AvgIpc) is 2.91. The Morgan fingerprint density at radius 2 is 2.08 bits per heavy atom. The number of rotatable bonds is 9. The lowest BCUT2D eigenvalue weighted by molar-refractivity contribution is -0.137. The maximum atomic E-state index is 15.5. The summed E-state index contributed by atoms with van der Waals surface area (Å²) in [4.78, 5) is 22.1. The van der Waals surface area contributed by atoms with Crippen LogP contribution in [-0.2, 0) is 4.79 Å². The van der Waals surface area contributed by atoms with Crippen molar-refractivity contribution in [1.82, 2.24) is 14.9 Å². The van der Waals surface area contributed by atoms with Gasteiger partial charge in [-0.15, -0.1) is 0 Å². The molecule has 7 heteroatoms. The van der Waals surface area contributed by atoms with E-state index in [1.54, 1.807) is 25.6 Å². The third-order valence-electron chi connectivity index (χ3n) is 7.00. The van der Waals surface area contributed by atoms with E-state index in [4.69, 9.17) is 4.74 Å². The second kappa shape index (κ2) is 12.5. The fourth-order valence-electron chi connectivity index (χ4n) is 5.06. The zero-order valence-corrected chi connectivity index (χ0v) is 20.6. The zero-order valence-electron chi connectivity index (χ0n) is 20.6. The Morgan fingerprint density at radius 1 is 1.19 bits per heavy atom. The number of ether oxygens (including phenoxy) is 1. The molecule has 0 bridgehead atoms. The predicted molar refractivity (Wildman–Crippen MR) is 137 cm³/mol. The highest BCUT2D eigenvalue weighted by molar-refractivity contribution is 5.83. The van der Waals surface area contributed by atoms with Gasteiger partial charge in [0.25, 0.3) is 0 Å². The summed E-state index contributed by atoms with van der Waals surface area (Å²) in [6, 6.07) is 12.9. The smallest absolute Gasteiger partial charge is 0.303 e. The van der Waals surface area contributed by atoms with E-state index in [0.717, 1.165) is 36.1 Å². The van der Waals surface area contributed by atoms with Gasteiger partial charge in [-0.05, 0) is 91.9 Å². The number of carboxylic acid groups (broad SMARTS) is 1. The van der Waals surface area contributed by atoms with E-state index >= 15 is 4.39 Å². The van der Waals surface area contributed by atoms with Crippen LogP contribution in [0.2, 0.25) is 0 Å². The minimum absolute atomic E-state index is 0.127. The highest BCUT2D eigenvalue weighted by atomic mass is 19.1. The Hall–Kier alpha value is -3.50. The minimum atomic E-state index is -1.12. The standard InChI is InChI=1S/C29H32FN3O3/c1-36-24-9-11-28-26(19-24)25(13-16-32-28)27(30)10-7-21-14-18-33(20-22(21)8-12-29(34)35)17-4-6-23-5-2-3-15-31-23/h2-3,5,9,11,13,15-16,19,21-22,27H,7-8,10,12,14,17-18,20H2,1H3,(H,34,35)/t21-,22+,27?/m1/s1. The van der Waals surface area contributed by atoms with E-state index in [1.807, 2.05) is 36.4 Å². The molecule has 2 aromatic heterocycles. The SMILES string of the molecule is COc1ccc2nccc(C(F)CC[C@@H]3CCN(CC#Cc4ccccn4)C[C@@H]3CCC(=O)O)c2c1. The van der Waals surface area contributed by atoms with Crippen LogP contribution in [0.25, 0.3) is 10.9 Å². The Bertz CT molecular complexity index is 1220. The van der Waals surface area contributed by atoms with Crippen LogP contribution in [0.15, 0.2) is 54.9 Å². The summed E-state index contributed by atoms with van der Waals surface area (Å²) in [5.74, 6) is 6.65. The van der Waals surface area contributed by atoms with Crippen molar-refractivity contribution in [3.05, 3.63) is 66.1 Å². The summed E-state index contributed by atoms with van der Waals surface area (Å²) in [5, 5.41) is 10.0. The Morgan fingerprint density at radius 3 is 2.86 bits per heavy atom. The van der Waals surface area contributed by atoms with Crippen molar-refractivity contribution in [2.45, 2.75) is 38.3 Å². The highest BCUT2D eigenvalue weighted by Gasteiger charge is 2.30. The van der Waals surface area contributed by atoms with Gasteiger partial charge in [-0.3, -0.25) is 14.7 Å². The van der Waals surface area contributed by atoms with E-state index in [0.29, 0.717) is 37.1 Å². The number of hydrogen-bond donors (Lipinski definition) is 1. The fourth-order valence-corrected chi connectivity index (χ4v) is 5.06. The van der Waals surface area contributed by atoms with Gasteiger partial charge in [0.15, 0.2) is 0 Å². The lowest BCUT2D eigenvalue weighted by atomic mass is 9.79. The summed E-state index contributed by atoms with van der Waals surface area (Å²) in [7, 11) is 1.60. The summed E-state index contributed by atoms with van der Waals surface area (Å²) < 4.78 is 20.8. The number of carboxylic acids is 1. The molecule has 1 fully saturated rings. The van der Waals surface area contributed by atoms with Crippen molar-refractivity contribution >= 4 is 16.9 Å². The first-order chi connectivity index (χ1) is 17.5. The molecule has 3 atom stereocenters. The summed E-state index contributed by atoms with van der Waals surface area (Å²) in [6.45, 7) is 2.27. The van der Waals surface area contributed by atoms with Crippen LogP contribution >= 0.6 is 0 Å². The molecule has 1 aliphatic heterocycles. The number of carbonyl (C=O) groups is 1. The first kappa shape index (κ1) is 25.6. The van der Waals surface area contributed by atoms with Crippen LogP contribution in [0.4, 0.5) is 4.39 Å². The molecule has 0 aliphatic carbocycles. The average molecular weight is 490 g/mol. The minimum Gasteiger partial charge on any atom is -0.497 e. The largest absolute Gasteiger partial charge is 0.497 e. The van der Waals surface area contributed by atoms with Crippen LogP contribution in [0, 0.1) is 23.7 Å². The maximum Gasteiger partial charge on any atom is 0.303 e. The predicted octanol–water partition coefficient (Wildman–Crippen LogP) is 5.28. The Kier molecular flexibility index (Phi) is 8.85. The van der Waals surface area contributed by atoms with Crippen molar-refractivity contribution < 1.29 is 19.0 Å². The van der Waals surface area contributed by atoms with E-state index in [1.165, 1.54) is 0 Å². The number of pyridine rings is 2. The molecule has 1 N–H and O–H groups in total. The van der Waals surface area contributed by atoms with Crippen molar-refractivity contribution in [1.29, 1.82) is 0 Å². The molecule has 0 amide bonds. The topological polar surface area (TPSA) is 75.5 Å². The van der Waals surface area contributed by atoms with Gasteiger partial charge in [-0.1, -0.05) is 12.0 Å². The number of nitrogens with zero attached hydrogens (tertiary/aromatic N) is 3. The molecular formula is C29H32FN3O3. The van der Waals surface area contributed by atoms with Crippen LogP contribution in [0.5, 0.6) is 5.75 Å². The number of aromatic nitrogens is 2. The molecule has 1 aromatic carbocycles. The van der Waals surface area contributed by atoms with Gasteiger partial charge in [0, 0.05) is 30.7 Å². The maximum absolute atomic E-state index is 15.5. The Balaban J connectivity index is 1.39. The quantitative estimate of drug-likeness (QED) is 0.412. The van der Waals surface area contributed by atoms with Crippen molar-refractivity contribution in [3.8, 4) is 17.6 Å². The first-order valence-corrected chi connectivity index (χ1v) is 12.4. The normalized spacial score (nSPS) is 18.8. The Labute approximate surface area is 211 Å². The molecule has 3 aromatic rings. The molecule has 0 saturated carbocycles. The third kappa shape index (κ3) is 6.79. The molecule has 3 heterocycles. The molecule has 6 nitrogen and oxygen atoms in total. The monoisotopic (exact) mass is 489 g/mol. The van der Waals surface area contributed by atoms with Gasteiger partial charge < -0.3 is 9.84 Å². The number of piperidine rings is 1. The number of alkyl halides is 1. The van der Waals surface area contributed by atoms with Gasteiger partial charge in [0.2, 0.25) is 0 Å². The number of halogens is 1. The molecule has 4 rings (SSSR count). The molecule has 188 valence electrons. The second-order valence-corrected chi connectivity index (χ2v) is 9.32. The first-order valence-electron chi connectivity index (χ1n) is 12.4. The number of fused-ring (bicyclic) bond motifs is 1. The number of likely N-dealkylation sites (tertiary alicyclic amines) is 1. The van der Waals surface area contributed by atoms with E-state index < -0.39 is 12.1 Å². The van der Waals surface area contributed by atoms with Crippen LogP contribution in [0.1, 0.15) is 49.5 Å². The van der Waals surface area contributed by atoms with Crippen molar-refractivity contribution in [3.63, 3.8) is 0 Å². The molecule has 36 heavy (non-hydrogen) atoms. The molecular weight excluding hydrogens is 457 g/mol. The molecule has 1 saturated heterocycles. The van der Waals surface area contributed by atoms with Crippen LogP contribution < -0.4 is 4.74 Å². The molecule has 0 spiro atoms. The number of hydrogen-bond acceptors (Lipinski definition) is 5. The van der Waals surface area contributed by atoms with E-state index in [9.17, 15) is 9.90 Å². The molecule has 0 radical (unpaired) electrons. The van der Waals surface area contributed by atoms with Crippen LogP contribution in [-0.4, -0.2) is 52.7 Å². The number of aliphatic carboxylic acids is 1. The third-order valence-corrected chi connectivity index (χ3v) is 7.00. The molecule has 1 unspecified atom stereocenters. The zero-order chi connectivity index (χ0) is 25.3. The number of methoxy groups -OCH3 is 1. The van der Waals surface area contributed by atoms with Gasteiger partial charge in [-0.25, -0.2) is 9.37 Å². The van der Waals surface area contributed by atoms with E-state index in [-0.39, 0.29) is 18.3 Å². The number of benzene rings is 1. The fraction of sp³-hybridized carbons (Fsp3) is 0.414. The lowest BCUT2D eigenvalue weighted by Gasteiger charge is -2.38. The van der Waals surface area contributed by atoms with Crippen molar-refractivity contribution in [2.75, 3.05) is 26.7 Å². The highest BCUT2D eigenvalue weighted by Crippen LogP contribution is 2.36. The van der Waals surface area contributed by atoms with Gasteiger partial charge >= 0.3 is 5.97 Å². The summed E-state index contributed by atoms with van der Waals surface area (Å²) in [6.07, 6.45) is 4.99. The van der Waals surface area contributed by atoms with Crippen molar-refractivity contribution in [2.24, 2.45) is 11.8 Å². The summed E-state index contributed by atoms with van der Waals surface area (Å²) >= 11 is 0. The summed E-state index contributed by atoms with van der Waals surface area (Å²) in [5.41, 5.74) is 2.11. The lowest BCUT2D eigenvalue weighted by Crippen LogP contribution is -2.41.